The van der Waals surface area contributed by atoms with Crippen molar-refractivity contribution in [2.24, 2.45) is 0 Å². The molecule has 0 saturated carbocycles. The van der Waals surface area contributed by atoms with E-state index in [1.807, 2.05) is 24.3 Å². The van der Waals surface area contributed by atoms with Gasteiger partial charge in [0.05, 0.1) is 6.61 Å². The predicted octanol–water partition coefficient (Wildman–Crippen LogP) is 1.21. The molecule has 0 aromatic heterocycles. The van der Waals surface area contributed by atoms with Crippen molar-refractivity contribution in [2.75, 3.05) is 19.4 Å². The number of carboxylic acids is 1. The van der Waals surface area contributed by atoms with E-state index in [0.717, 1.165) is 11.3 Å². The van der Waals surface area contributed by atoms with Gasteiger partial charge in [-0.1, -0.05) is 12.1 Å². The molecule has 17 heavy (non-hydrogen) atoms. The van der Waals surface area contributed by atoms with Gasteiger partial charge in [-0.05, 0) is 31.2 Å². The van der Waals surface area contributed by atoms with Crippen molar-refractivity contribution in [3.63, 3.8) is 0 Å². The lowest BCUT2D eigenvalue weighted by Crippen LogP contribution is -2.35. The Morgan fingerprint density at radius 3 is 2.59 bits per heavy atom. The highest BCUT2D eigenvalue weighted by atomic mass is 32.1. The van der Waals surface area contributed by atoms with Gasteiger partial charge in [-0.3, -0.25) is 4.79 Å². The van der Waals surface area contributed by atoms with Crippen LogP contribution in [-0.2, 0) is 11.2 Å². The third-order valence-corrected chi connectivity index (χ3v) is 2.55. The summed E-state index contributed by atoms with van der Waals surface area (Å²) in [6, 6.07) is 6.88. The number of nitrogens with one attached hydrogen (secondary N) is 1. The Kier molecular flexibility index (Phi) is 5.86. The first-order chi connectivity index (χ1) is 8.17. The minimum atomic E-state index is -0.845. The lowest BCUT2D eigenvalue weighted by Gasteiger charge is -2.11. The van der Waals surface area contributed by atoms with Crippen LogP contribution in [0, 0.1) is 0 Å². The molecule has 0 aliphatic carbocycles. The second-order valence-electron chi connectivity index (χ2n) is 3.60. The van der Waals surface area contributed by atoms with Gasteiger partial charge < -0.3 is 15.2 Å². The SMILES string of the molecule is CN[C@@H](Cc1ccc(OCCS)cc1)C(=O)O. The summed E-state index contributed by atoms with van der Waals surface area (Å²) in [4.78, 5) is 10.8. The molecule has 0 saturated heterocycles. The van der Waals surface area contributed by atoms with Gasteiger partial charge in [0.2, 0.25) is 0 Å². The highest BCUT2D eigenvalue weighted by Crippen LogP contribution is 2.13. The van der Waals surface area contributed by atoms with Crippen molar-refractivity contribution >= 4 is 18.6 Å². The lowest BCUT2D eigenvalue weighted by molar-refractivity contribution is -0.139. The molecule has 94 valence electrons. The maximum absolute atomic E-state index is 10.8. The number of aliphatic carboxylic acids is 1. The fourth-order valence-electron chi connectivity index (χ4n) is 1.43. The number of thiol groups is 1. The number of carbonyl (C=O) groups is 1. The number of likely N-dealkylation sites (N-methyl/N-ethyl adjacent to an activating group) is 1. The molecule has 1 atom stereocenters. The summed E-state index contributed by atoms with van der Waals surface area (Å²) < 4.78 is 5.38. The first kappa shape index (κ1) is 13.9. The van der Waals surface area contributed by atoms with Crippen LogP contribution >= 0.6 is 12.6 Å². The fraction of sp³-hybridized carbons (Fsp3) is 0.417. The second-order valence-corrected chi connectivity index (χ2v) is 4.05. The molecule has 4 nitrogen and oxygen atoms in total. The smallest absolute Gasteiger partial charge is 0.321 e. The van der Waals surface area contributed by atoms with Crippen LogP contribution in [0.2, 0.25) is 0 Å². The van der Waals surface area contributed by atoms with E-state index < -0.39 is 12.0 Å². The van der Waals surface area contributed by atoms with E-state index in [4.69, 9.17) is 9.84 Å². The molecule has 0 radical (unpaired) electrons. The minimum Gasteiger partial charge on any atom is -0.493 e. The number of carboxylic acid groups (broad SMARTS) is 1. The summed E-state index contributed by atoms with van der Waals surface area (Å²) in [5.74, 6) is 0.602. The fourth-order valence-corrected chi connectivity index (χ4v) is 1.53. The zero-order valence-corrected chi connectivity index (χ0v) is 10.6. The Hall–Kier alpha value is -1.20. The lowest BCUT2D eigenvalue weighted by atomic mass is 10.1. The van der Waals surface area contributed by atoms with Crippen molar-refractivity contribution < 1.29 is 14.6 Å². The molecule has 0 amide bonds. The second kappa shape index (κ2) is 7.19. The molecule has 1 aromatic rings. The predicted molar refractivity (Wildman–Crippen MR) is 70.0 cm³/mol. The van der Waals surface area contributed by atoms with E-state index in [1.54, 1.807) is 7.05 Å². The summed E-state index contributed by atoms with van der Waals surface area (Å²) in [6.45, 7) is 0.566. The van der Waals surface area contributed by atoms with Gasteiger partial charge in [-0.2, -0.15) is 12.6 Å². The van der Waals surface area contributed by atoms with Crippen molar-refractivity contribution in [1.82, 2.24) is 5.32 Å². The van der Waals surface area contributed by atoms with Crippen molar-refractivity contribution in [3.05, 3.63) is 29.8 Å². The van der Waals surface area contributed by atoms with Crippen LogP contribution in [0.5, 0.6) is 5.75 Å². The molecular formula is C12H17NO3S. The Labute approximate surface area is 106 Å². The standard InChI is InChI=1S/C12H17NO3S/c1-13-11(12(14)15)8-9-2-4-10(5-3-9)16-6-7-17/h2-5,11,13,17H,6-8H2,1H3,(H,14,15)/t11-/m0/s1. The van der Waals surface area contributed by atoms with Gasteiger partial charge in [0.25, 0.3) is 0 Å². The quantitative estimate of drug-likeness (QED) is 0.641. The summed E-state index contributed by atoms with van der Waals surface area (Å²) >= 11 is 4.05. The third kappa shape index (κ3) is 4.66. The zero-order valence-electron chi connectivity index (χ0n) is 9.72. The summed E-state index contributed by atoms with van der Waals surface area (Å²) in [5.41, 5.74) is 0.963. The van der Waals surface area contributed by atoms with Gasteiger partial charge in [0, 0.05) is 5.75 Å². The maximum atomic E-state index is 10.8. The molecule has 0 spiro atoms. The molecular weight excluding hydrogens is 238 g/mol. The van der Waals surface area contributed by atoms with Crippen molar-refractivity contribution in [3.8, 4) is 5.75 Å². The van der Waals surface area contributed by atoms with E-state index in [-0.39, 0.29) is 0 Å². The van der Waals surface area contributed by atoms with E-state index in [0.29, 0.717) is 18.8 Å². The van der Waals surface area contributed by atoms with E-state index in [9.17, 15) is 4.79 Å². The van der Waals surface area contributed by atoms with Crippen LogP contribution in [0.15, 0.2) is 24.3 Å². The minimum absolute atomic E-state index is 0.457. The summed E-state index contributed by atoms with van der Waals surface area (Å²) in [5, 5.41) is 11.7. The monoisotopic (exact) mass is 255 g/mol. The van der Waals surface area contributed by atoms with Crippen LogP contribution in [0.25, 0.3) is 0 Å². The molecule has 0 bridgehead atoms. The van der Waals surface area contributed by atoms with Crippen LogP contribution in [-0.4, -0.2) is 36.5 Å². The van der Waals surface area contributed by atoms with E-state index >= 15 is 0 Å². The van der Waals surface area contributed by atoms with Crippen LogP contribution < -0.4 is 10.1 Å². The van der Waals surface area contributed by atoms with Crippen LogP contribution in [0.1, 0.15) is 5.56 Å². The van der Waals surface area contributed by atoms with Gasteiger partial charge in [-0.15, -0.1) is 0 Å². The largest absolute Gasteiger partial charge is 0.493 e. The van der Waals surface area contributed by atoms with Crippen molar-refractivity contribution in [1.29, 1.82) is 0 Å². The number of hydrogen-bond donors (Lipinski definition) is 3. The molecule has 0 fully saturated rings. The average Bonchev–Trinajstić information content (AvgIpc) is 2.34. The van der Waals surface area contributed by atoms with Crippen molar-refractivity contribution in [2.45, 2.75) is 12.5 Å². The maximum Gasteiger partial charge on any atom is 0.321 e. The highest BCUT2D eigenvalue weighted by Gasteiger charge is 2.14. The third-order valence-electron chi connectivity index (χ3n) is 2.37. The Morgan fingerprint density at radius 2 is 2.12 bits per heavy atom. The average molecular weight is 255 g/mol. The normalized spacial score (nSPS) is 12.1. The van der Waals surface area contributed by atoms with E-state index in [2.05, 4.69) is 17.9 Å². The van der Waals surface area contributed by atoms with Gasteiger partial charge >= 0.3 is 5.97 Å². The number of benzene rings is 1. The molecule has 2 N–H and O–H groups in total. The zero-order chi connectivity index (χ0) is 12.7. The van der Waals surface area contributed by atoms with Gasteiger partial charge in [0.15, 0.2) is 0 Å². The Balaban J connectivity index is 2.58. The molecule has 5 heteroatoms. The van der Waals surface area contributed by atoms with Gasteiger partial charge in [0.1, 0.15) is 11.8 Å². The first-order valence-electron chi connectivity index (χ1n) is 5.40. The molecule has 0 aliphatic rings. The summed E-state index contributed by atoms with van der Waals surface area (Å²) in [6.07, 6.45) is 0.457. The Bertz CT molecular complexity index is 353. The number of rotatable bonds is 7. The topological polar surface area (TPSA) is 58.6 Å². The van der Waals surface area contributed by atoms with E-state index in [1.165, 1.54) is 0 Å². The van der Waals surface area contributed by atoms with Crippen LogP contribution in [0.4, 0.5) is 0 Å². The molecule has 0 unspecified atom stereocenters. The number of hydrogen-bond acceptors (Lipinski definition) is 4. The van der Waals surface area contributed by atoms with Crippen LogP contribution in [0.3, 0.4) is 0 Å². The highest BCUT2D eigenvalue weighted by molar-refractivity contribution is 7.80. The summed E-state index contributed by atoms with van der Waals surface area (Å²) in [7, 11) is 1.64. The van der Waals surface area contributed by atoms with Gasteiger partial charge in [-0.25, -0.2) is 0 Å². The molecule has 1 rings (SSSR count). The Morgan fingerprint density at radius 1 is 1.47 bits per heavy atom. The molecule has 0 heterocycles. The molecule has 0 aliphatic heterocycles. The first-order valence-corrected chi connectivity index (χ1v) is 6.03. The molecule has 1 aromatic carbocycles. The number of ether oxygens (including phenoxy) is 1.